The van der Waals surface area contributed by atoms with Crippen LogP contribution in [0, 0.1) is 0 Å². The molecule has 0 atom stereocenters. The van der Waals surface area contributed by atoms with Crippen LogP contribution in [0.25, 0.3) is 0 Å². The van der Waals surface area contributed by atoms with Crippen molar-refractivity contribution in [1.29, 1.82) is 0 Å². The van der Waals surface area contributed by atoms with E-state index in [9.17, 15) is 4.79 Å². The third-order valence-corrected chi connectivity index (χ3v) is 2.46. The Hall–Kier alpha value is -1.12. The molecule has 0 aliphatic rings. The van der Waals surface area contributed by atoms with Gasteiger partial charge in [-0.15, -0.1) is 0 Å². The molecular weight excluding hydrogens is 188 g/mol. The van der Waals surface area contributed by atoms with E-state index in [1.54, 1.807) is 0 Å². The molecule has 0 aliphatic carbocycles. The van der Waals surface area contributed by atoms with Gasteiger partial charge in [-0.25, -0.2) is 0 Å². The van der Waals surface area contributed by atoms with Crippen LogP contribution in [0.2, 0.25) is 0 Å². The Kier molecular flexibility index (Phi) is 5.08. The maximum absolute atomic E-state index is 11.3. The summed E-state index contributed by atoms with van der Waals surface area (Å²) in [6, 6.07) is 0. The Morgan fingerprint density at radius 1 is 1.40 bits per heavy atom. The summed E-state index contributed by atoms with van der Waals surface area (Å²) in [6.07, 6.45) is 8.29. The van der Waals surface area contributed by atoms with Crippen LogP contribution in [0.1, 0.15) is 45.1 Å². The number of carbonyl (C=O) groups excluding carboxylic acids is 1. The van der Waals surface area contributed by atoms with E-state index in [1.807, 2.05) is 17.8 Å². The van der Waals surface area contributed by atoms with E-state index in [1.165, 1.54) is 5.56 Å². The van der Waals surface area contributed by atoms with Crippen LogP contribution in [-0.4, -0.2) is 15.6 Å². The third kappa shape index (κ3) is 4.28. The van der Waals surface area contributed by atoms with Gasteiger partial charge in [0.2, 0.25) is 0 Å². The molecule has 0 amide bonds. The molecule has 1 aromatic heterocycles. The van der Waals surface area contributed by atoms with Gasteiger partial charge in [-0.2, -0.15) is 5.10 Å². The first-order chi connectivity index (χ1) is 7.26. The average molecular weight is 208 g/mol. The molecule has 15 heavy (non-hydrogen) atoms. The topological polar surface area (TPSA) is 34.9 Å². The van der Waals surface area contributed by atoms with Crippen molar-refractivity contribution < 1.29 is 4.79 Å². The minimum absolute atomic E-state index is 0.389. The zero-order valence-corrected chi connectivity index (χ0v) is 9.70. The first-order valence-corrected chi connectivity index (χ1v) is 5.79. The van der Waals surface area contributed by atoms with Crippen LogP contribution < -0.4 is 0 Å². The summed E-state index contributed by atoms with van der Waals surface area (Å²) in [7, 11) is 0. The van der Waals surface area contributed by atoms with E-state index in [2.05, 4.69) is 18.2 Å². The minimum atomic E-state index is 0.389. The first-order valence-electron chi connectivity index (χ1n) is 5.79. The predicted octanol–water partition coefficient (Wildman–Crippen LogP) is 2.59. The van der Waals surface area contributed by atoms with E-state index in [0.29, 0.717) is 12.2 Å². The van der Waals surface area contributed by atoms with Gasteiger partial charge in [0.05, 0.1) is 6.20 Å². The lowest BCUT2D eigenvalue weighted by Gasteiger charge is -1.97. The molecule has 0 spiro atoms. The van der Waals surface area contributed by atoms with Gasteiger partial charge in [0.1, 0.15) is 5.78 Å². The average Bonchev–Trinajstić information content (AvgIpc) is 2.66. The molecule has 3 heteroatoms. The molecule has 1 aromatic rings. The van der Waals surface area contributed by atoms with Crippen molar-refractivity contribution >= 4 is 5.78 Å². The molecule has 3 nitrogen and oxygen atoms in total. The number of hydrogen-bond donors (Lipinski definition) is 0. The van der Waals surface area contributed by atoms with Crippen molar-refractivity contribution in [3.05, 3.63) is 18.0 Å². The number of nitrogens with zero attached hydrogens (tertiary/aromatic N) is 2. The van der Waals surface area contributed by atoms with Gasteiger partial charge in [-0.05, 0) is 31.7 Å². The predicted molar refractivity (Wildman–Crippen MR) is 60.8 cm³/mol. The standard InChI is InChI=1S/C12H20N2O/c1-3-6-12(15)8-5-7-11-9-13-14(4-2)10-11/h9-10H,3-8H2,1-2H3. The molecule has 0 saturated heterocycles. The largest absolute Gasteiger partial charge is 0.300 e. The maximum atomic E-state index is 11.3. The number of aromatic nitrogens is 2. The van der Waals surface area contributed by atoms with Crippen molar-refractivity contribution in [2.24, 2.45) is 0 Å². The fourth-order valence-corrected chi connectivity index (χ4v) is 1.60. The highest BCUT2D eigenvalue weighted by atomic mass is 16.1. The van der Waals surface area contributed by atoms with E-state index in [0.717, 1.165) is 32.2 Å². The number of aryl methyl sites for hydroxylation is 2. The van der Waals surface area contributed by atoms with E-state index < -0.39 is 0 Å². The highest BCUT2D eigenvalue weighted by Crippen LogP contribution is 2.06. The Labute approximate surface area is 91.5 Å². The van der Waals surface area contributed by atoms with Crippen molar-refractivity contribution in [2.75, 3.05) is 0 Å². The highest BCUT2D eigenvalue weighted by molar-refractivity contribution is 5.78. The number of hydrogen-bond acceptors (Lipinski definition) is 2. The lowest BCUT2D eigenvalue weighted by atomic mass is 10.1. The molecule has 0 aliphatic heterocycles. The van der Waals surface area contributed by atoms with Gasteiger partial charge >= 0.3 is 0 Å². The van der Waals surface area contributed by atoms with Crippen LogP contribution >= 0.6 is 0 Å². The molecule has 84 valence electrons. The molecule has 0 radical (unpaired) electrons. The van der Waals surface area contributed by atoms with Crippen molar-refractivity contribution in [2.45, 2.75) is 52.5 Å². The van der Waals surface area contributed by atoms with Crippen molar-refractivity contribution in [3.8, 4) is 0 Å². The lowest BCUT2D eigenvalue weighted by molar-refractivity contribution is -0.119. The molecule has 0 aromatic carbocycles. The van der Waals surface area contributed by atoms with Gasteiger partial charge < -0.3 is 0 Å². The molecule has 0 saturated carbocycles. The van der Waals surface area contributed by atoms with E-state index in [4.69, 9.17) is 0 Å². The number of rotatable bonds is 7. The Morgan fingerprint density at radius 2 is 2.20 bits per heavy atom. The summed E-state index contributed by atoms with van der Waals surface area (Å²) in [4.78, 5) is 11.3. The van der Waals surface area contributed by atoms with E-state index >= 15 is 0 Å². The van der Waals surface area contributed by atoms with Crippen LogP contribution in [0.3, 0.4) is 0 Å². The minimum Gasteiger partial charge on any atom is -0.300 e. The van der Waals surface area contributed by atoms with Crippen molar-refractivity contribution in [1.82, 2.24) is 9.78 Å². The monoisotopic (exact) mass is 208 g/mol. The highest BCUT2D eigenvalue weighted by Gasteiger charge is 2.02. The summed E-state index contributed by atoms with van der Waals surface area (Å²) in [5.74, 6) is 0.389. The summed E-state index contributed by atoms with van der Waals surface area (Å²) >= 11 is 0. The van der Waals surface area contributed by atoms with Crippen LogP contribution in [0.15, 0.2) is 12.4 Å². The molecule has 0 fully saturated rings. The van der Waals surface area contributed by atoms with Gasteiger partial charge in [0.25, 0.3) is 0 Å². The summed E-state index contributed by atoms with van der Waals surface area (Å²) < 4.78 is 1.92. The number of ketones is 1. The fourth-order valence-electron chi connectivity index (χ4n) is 1.60. The van der Waals surface area contributed by atoms with Crippen LogP contribution in [0.4, 0.5) is 0 Å². The van der Waals surface area contributed by atoms with Gasteiger partial charge in [-0.1, -0.05) is 6.92 Å². The van der Waals surface area contributed by atoms with Gasteiger partial charge in [0, 0.05) is 25.6 Å². The third-order valence-electron chi connectivity index (χ3n) is 2.46. The van der Waals surface area contributed by atoms with Gasteiger partial charge in [0.15, 0.2) is 0 Å². The molecule has 0 unspecified atom stereocenters. The Morgan fingerprint density at radius 3 is 2.80 bits per heavy atom. The quantitative estimate of drug-likeness (QED) is 0.690. The number of carbonyl (C=O) groups is 1. The summed E-state index contributed by atoms with van der Waals surface area (Å²) in [5, 5.41) is 4.20. The van der Waals surface area contributed by atoms with Gasteiger partial charge in [-0.3, -0.25) is 9.48 Å². The second-order valence-electron chi connectivity index (χ2n) is 3.85. The molecule has 0 N–H and O–H groups in total. The fraction of sp³-hybridized carbons (Fsp3) is 0.667. The lowest BCUT2D eigenvalue weighted by Crippen LogP contribution is -1.97. The second kappa shape index (κ2) is 6.38. The summed E-state index contributed by atoms with van der Waals surface area (Å²) in [6.45, 7) is 5.03. The molecule has 0 bridgehead atoms. The van der Waals surface area contributed by atoms with Crippen LogP contribution in [-0.2, 0) is 17.8 Å². The smallest absolute Gasteiger partial charge is 0.132 e. The van der Waals surface area contributed by atoms with Crippen LogP contribution in [0.5, 0.6) is 0 Å². The zero-order valence-electron chi connectivity index (χ0n) is 9.70. The Bertz CT molecular complexity index is 304. The van der Waals surface area contributed by atoms with Crippen molar-refractivity contribution in [3.63, 3.8) is 0 Å². The van der Waals surface area contributed by atoms with E-state index in [-0.39, 0.29) is 0 Å². The first kappa shape index (κ1) is 12.0. The summed E-state index contributed by atoms with van der Waals surface area (Å²) in [5.41, 5.74) is 1.24. The molecule has 1 rings (SSSR count). The number of Topliss-reactive ketones (excluding diaryl/α,β-unsaturated/α-hetero) is 1. The second-order valence-corrected chi connectivity index (χ2v) is 3.85. The molecular formula is C12H20N2O. The normalized spacial score (nSPS) is 10.5. The Balaban J connectivity index is 2.22. The molecule has 1 heterocycles. The SMILES string of the molecule is CCCC(=O)CCCc1cnn(CC)c1. The zero-order chi connectivity index (χ0) is 11.1. The maximum Gasteiger partial charge on any atom is 0.132 e.